The van der Waals surface area contributed by atoms with Crippen molar-refractivity contribution in [2.45, 2.75) is 12.8 Å². The highest BCUT2D eigenvalue weighted by Gasteiger charge is 2.21. The summed E-state index contributed by atoms with van der Waals surface area (Å²) in [7, 11) is 5.88. The maximum absolute atomic E-state index is 11.1. The molecule has 0 aliphatic heterocycles. The monoisotopic (exact) mass is 408 g/mol. The maximum Gasteiger partial charge on any atom is 0.147 e. The second-order valence-electron chi connectivity index (χ2n) is 7.96. The van der Waals surface area contributed by atoms with E-state index in [-0.39, 0.29) is 17.2 Å². The van der Waals surface area contributed by atoms with Crippen LogP contribution in [0.3, 0.4) is 0 Å². The van der Waals surface area contributed by atoms with E-state index >= 15 is 0 Å². The molecule has 0 aliphatic rings. The Morgan fingerprint density at radius 3 is 2.37 bits per heavy atom. The number of likely N-dealkylation sites (N-methyl/N-ethyl adjacent to an activating group) is 2. The lowest BCUT2D eigenvalue weighted by molar-refractivity contribution is 0.414. The third kappa shape index (κ3) is 3.36. The van der Waals surface area contributed by atoms with Crippen LogP contribution in [0.4, 0.5) is 0 Å². The fourth-order valence-corrected chi connectivity index (χ4v) is 4.05. The van der Waals surface area contributed by atoms with Crippen LogP contribution >= 0.6 is 0 Å². The molecular weight excluding hydrogens is 380 g/mol. The molecule has 0 radical (unpaired) electrons. The smallest absolute Gasteiger partial charge is 0.147 e. The first-order valence-corrected chi connectivity index (χ1v) is 10.1. The zero-order valence-electron chi connectivity index (χ0n) is 17.5. The minimum absolute atomic E-state index is 0.0147. The zero-order valence-corrected chi connectivity index (χ0v) is 17.5. The van der Waals surface area contributed by atoms with Crippen LogP contribution in [-0.4, -0.2) is 64.4 Å². The van der Waals surface area contributed by atoms with Gasteiger partial charge in [-0.2, -0.15) is 0 Å². The van der Waals surface area contributed by atoms with Gasteiger partial charge in [-0.1, -0.05) is 0 Å². The Morgan fingerprint density at radius 2 is 1.63 bits per heavy atom. The summed E-state index contributed by atoms with van der Waals surface area (Å²) >= 11 is 0. The van der Waals surface area contributed by atoms with Crippen LogP contribution in [0, 0.1) is 0 Å². The molecule has 0 saturated heterocycles. The maximum atomic E-state index is 11.1. The van der Waals surface area contributed by atoms with Gasteiger partial charge in [0.1, 0.15) is 17.2 Å². The van der Waals surface area contributed by atoms with Gasteiger partial charge < -0.3 is 35.5 Å². The van der Waals surface area contributed by atoms with Crippen LogP contribution in [0.1, 0.15) is 11.1 Å². The van der Waals surface area contributed by atoms with Gasteiger partial charge in [0.25, 0.3) is 0 Å². The molecule has 2 heterocycles. The zero-order chi connectivity index (χ0) is 21.4. The third-order valence-corrected chi connectivity index (χ3v) is 5.65. The van der Waals surface area contributed by atoms with E-state index in [1.54, 1.807) is 6.07 Å². The molecule has 0 fully saturated rings. The Kier molecular flexibility index (Phi) is 5.32. The molecule has 7 heteroatoms. The number of nitrogens with one attached hydrogen (secondary N) is 3. The van der Waals surface area contributed by atoms with Gasteiger partial charge in [-0.25, -0.2) is 0 Å². The van der Waals surface area contributed by atoms with Crippen LogP contribution in [0.2, 0.25) is 0 Å². The van der Waals surface area contributed by atoms with Crippen LogP contribution in [0.15, 0.2) is 30.6 Å². The molecule has 2 aromatic heterocycles. The topological polar surface area (TPSA) is 108 Å². The number of aromatic amines is 2. The number of benzene rings is 2. The first-order valence-electron chi connectivity index (χ1n) is 10.1. The molecule has 0 atom stereocenters. The average Bonchev–Trinajstić information content (AvgIpc) is 3.33. The van der Waals surface area contributed by atoms with E-state index in [0.717, 1.165) is 48.0 Å². The number of hydrogen-bond donors (Lipinski definition) is 6. The molecule has 4 rings (SSSR count). The van der Waals surface area contributed by atoms with Crippen molar-refractivity contribution in [3.8, 4) is 28.4 Å². The summed E-state index contributed by atoms with van der Waals surface area (Å²) in [4.78, 5) is 8.36. The van der Waals surface area contributed by atoms with Crippen molar-refractivity contribution < 1.29 is 15.3 Å². The number of aromatic nitrogens is 2. The first kappa shape index (κ1) is 20.1. The molecule has 0 unspecified atom stereocenters. The van der Waals surface area contributed by atoms with Gasteiger partial charge in [-0.15, -0.1) is 0 Å². The van der Waals surface area contributed by atoms with Crippen LogP contribution in [0.25, 0.3) is 32.9 Å². The standard InChI is InChI=1S/C23H28N4O3/c1-24-8-6-13-11-25-17-5-4-15(22(29)19(13)17)16-10-18(28)20-14(7-9-27(2)3)12-26-21(20)23(16)30/h4-5,10-12,24-26,28-30H,6-9H2,1-3H3. The number of hydrogen-bond acceptors (Lipinski definition) is 5. The molecule has 0 bridgehead atoms. The number of fused-ring (bicyclic) bond motifs is 2. The van der Waals surface area contributed by atoms with E-state index in [1.165, 1.54) is 6.07 Å². The lowest BCUT2D eigenvalue weighted by Gasteiger charge is -2.12. The molecular formula is C23H28N4O3. The first-order chi connectivity index (χ1) is 14.4. The normalized spacial score (nSPS) is 11.9. The molecule has 158 valence electrons. The number of nitrogens with zero attached hydrogens (tertiary/aromatic N) is 1. The van der Waals surface area contributed by atoms with Crippen molar-refractivity contribution in [1.29, 1.82) is 0 Å². The van der Waals surface area contributed by atoms with Gasteiger partial charge in [0.15, 0.2) is 0 Å². The summed E-state index contributed by atoms with van der Waals surface area (Å²) in [6, 6.07) is 5.17. The van der Waals surface area contributed by atoms with Crippen LogP contribution in [-0.2, 0) is 12.8 Å². The molecule has 0 aliphatic carbocycles. The molecule has 30 heavy (non-hydrogen) atoms. The highest BCUT2D eigenvalue weighted by molar-refractivity contribution is 6.02. The van der Waals surface area contributed by atoms with Crippen LogP contribution < -0.4 is 5.32 Å². The van der Waals surface area contributed by atoms with Crippen molar-refractivity contribution in [3.05, 3.63) is 41.7 Å². The summed E-state index contributed by atoms with van der Waals surface area (Å²) in [5, 5.41) is 37.3. The number of phenols is 3. The van der Waals surface area contributed by atoms with E-state index < -0.39 is 0 Å². The quantitative estimate of drug-likeness (QED) is 0.263. The summed E-state index contributed by atoms with van der Waals surface area (Å²) in [6.07, 6.45) is 5.22. The van der Waals surface area contributed by atoms with E-state index in [1.807, 2.05) is 39.6 Å². The summed E-state index contributed by atoms with van der Waals surface area (Å²) in [6.45, 7) is 1.61. The van der Waals surface area contributed by atoms with E-state index in [4.69, 9.17) is 0 Å². The Balaban J connectivity index is 1.84. The van der Waals surface area contributed by atoms with E-state index in [9.17, 15) is 15.3 Å². The number of rotatable bonds is 7. The Labute approximate surface area is 175 Å². The second kappa shape index (κ2) is 7.93. The van der Waals surface area contributed by atoms with Gasteiger partial charge in [0.05, 0.1) is 5.52 Å². The van der Waals surface area contributed by atoms with Gasteiger partial charge in [-0.05, 0) is 69.9 Å². The fraction of sp³-hybridized carbons (Fsp3) is 0.304. The summed E-state index contributed by atoms with van der Waals surface area (Å²) in [5.74, 6) is 0.186. The highest BCUT2D eigenvalue weighted by atomic mass is 16.3. The molecule has 6 N–H and O–H groups in total. The molecule has 4 aromatic rings. The number of phenolic OH excluding ortho intramolecular Hbond substituents is 3. The van der Waals surface area contributed by atoms with Gasteiger partial charge in [-0.3, -0.25) is 0 Å². The van der Waals surface area contributed by atoms with E-state index in [2.05, 4.69) is 20.2 Å². The third-order valence-electron chi connectivity index (χ3n) is 5.65. The largest absolute Gasteiger partial charge is 0.507 e. The highest BCUT2D eigenvalue weighted by Crippen LogP contribution is 2.46. The molecule has 0 amide bonds. The average molecular weight is 409 g/mol. The number of H-pyrrole nitrogens is 2. The van der Waals surface area contributed by atoms with Gasteiger partial charge in [0.2, 0.25) is 0 Å². The van der Waals surface area contributed by atoms with Crippen molar-refractivity contribution in [2.75, 3.05) is 34.2 Å². The molecule has 0 spiro atoms. The predicted molar refractivity (Wildman–Crippen MR) is 120 cm³/mol. The Bertz CT molecular complexity index is 1210. The molecule has 7 nitrogen and oxygen atoms in total. The van der Waals surface area contributed by atoms with Crippen molar-refractivity contribution in [1.82, 2.24) is 20.2 Å². The summed E-state index contributed by atoms with van der Waals surface area (Å²) in [5.41, 5.74) is 4.11. The van der Waals surface area contributed by atoms with Crippen molar-refractivity contribution in [2.24, 2.45) is 0 Å². The minimum Gasteiger partial charge on any atom is -0.507 e. The van der Waals surface area contributed by atoms with Gasteiger partial charge >= 0.3 is 0 Å². The van der Waals surface area contributed by atoms with Crippen molar-refractivity contribution >= 4 is 21.8 Å². The Morgan fingerprint density at radius 1 is 0.900 bits per heavy atom. The SMILES string of the molecule is CNCCc1c[nH]c2ccc(-c3cc(O)c4c(CCN(C)C)c[nH]c4c3O)c(O)c12. The minimum atomic E-state index is 0.0147. The van der Waals surface area contributed by atoms with E-state index in [0.29, 0.717) is 22.0 Å². The lowest BCUT2D eigenvalue weighted by atomic mass is 9.97. The lowest BCUT2D eigenvalue weighted by Crippen LogP contribution is -2.14. The predicted octanol–water partition coefficient (Wildman–Crippen LogP) is 3.30. The summed E-state index contributed by atoms with van der Waals surface area (Å²) < 4.78 is 0. The molecule has 0 saturated carbocycles. The fourth-order valence-electron chi connectivity index (χ4n) is 4.05. The van der Waals surface area contributed by atoms with Crippen LogP contribution in [0.5, 0.6) is 17.2 Å². The second-order valence-corrected chi connectivity index (χ2v) is 7.96. The van der Waals surface area contributed by atoms with Crippen molar-refractivity contribution in [3.63, 3.8) is 0 Å². The Hall–Kier alpha value is -3.16. The van der Waals surface area contributed by atoms with Gasteiger partial charge in [0, 0.05) is 46.4 Å². The number of aromatic hydroxyl groups is 3. The molecule has 2 aromatic carbocycles.